The van der Waals surface area contributed by atoms with Crippen LogP contribution in [0.5, 0.6) is 0 Å². The fourth-order valence-corrected chi connectivity index (χ4v) is 0.676. The molecule has 0 aliphatic carbocycles. The Morgan fingerprint density at radius 2 is 2.07 bits per heavy atom. The van der Waals surface area contributed by atoms with E-state index in [4.69, 9.17) is 5.11 Å². The molecule has 1 atom stereocenters. The molecule has 0 aromatic carbocycles. The molecule has 82 valence electrons. The SMILES string of the molecule is O=C(O)C1([N+](=O)[O-])N=NC(C(F)(F)F)=N1. The van der Waals surface area contributed by atoms with Crippen LogP contribution in [0.15, 0.2) is 15.2 Å². The third-order valence-electron chi connectivity index (χ3n) is 1.34. The fourth-order valence-electron chi connectivity index (χ4n) is 0.676. The normalized spacial score (nSPS) is 25.1. The van der Waals surface area contributed by atoms with Gasteiger partial charge in [-0.1, -0.05) is 5.11 Å². The van der Waals surface area contributed by atoms with E-state index in [1.807, 2.05) is 0 Å². The molecule has 8 nitrogen and oxygen atoms in total. The van der Waals surface area contributed by atoms with Crippen molar-refractivity contribution in [3.63, 3.8) is 0 Å². The average Bonchev–Trinajstić information content (AvgIpc) is 2.46. The van der Waals surface area contributed by atoms with Gasteiger partial charge < -0.3 is 5.11 Å². The lowest BCUT2D eigenvalue weighted by Gasteiger charge is -2.05. The third-order valence-corrected chi connectivity index (χ3v) is 1.34. The van der Waals surface area contributed by atoms with Crippen LogP contribution in [0.3, 0.4) is 0 Å². The zero-order chi connectivity index (χ0) is 11.9. The minimum Gasteiger partial charge on any atom is -0.473 e. The summed E-state index contributed by atoms with van der Waals surface area (Å²) in [4.78, 5) is 21.4. The smallest absolute Gasteiger partial charge is 0.473 e. The molecular formula is C4HF3N4O4. The minimum absolute atomic E-state index is 1.57. The highest BCUT2D eigenvalue weighted by molar-refractivity contribution is 5.93. The van der Waals surface area contributed by atoms with Crippen LogP contribution in [0.25, 0.3) is 0 Å². The van der Waals surface area contributed by atoms with Crippen molar-refractivity contribution in [2.24, 2.45) is 15.2 Å². The van der Waals surface area contributed by atoms with Crippen molar-refractivity contribution in [1.29, 1.82) is 0 Å². The van der Waals surface area contributed by atoms with Crippen molar-refractivity contribution in [1.82, 2.24) is 0 Å². The van der Waals surface area contributed by atoms with E-state index in [9.17, 15) is 28.1 Å². The molecule has 0 amide bonds. The van der Waals surface area contributed by atoms with Gasteiger partial charge in [-0.3, -0.25) is 10.1 Å². The zero-order valence-corrected chi connectivity index (χ0v) is 6.59. The quantitative estimate of drug-likeness (QED) is 0.542. The monoisotopic (exact) mass is 226 g/mol. The number of azo groups is 1. The number of hydrogen-bond acceptors (Lipinski definition) is 6. The van der Waals surface area contributed by atoms with Gasteiger partial charge in [-0.25, -0.2) is 4.79 Å². The van der Waals surface area contributed by atoms with Crippen molar-refractivity contribution >= 4 is 11.8 Å². The van der Waals surface area contributed by atoms with Crippen LogP contribution in [0.4, 0.5) is 13.2 Å². The summed E-state index contributed by atoms with van der Waals surface area (Å²) in [6.45, 7) is 0. The van der Waals surface area contributed by atoms with Crippen LogP contribution in [-0.2, 0) is 4.79 Å². The standard InChI is InChI=1S/C4HF3N4O4/c5-3(6,7)1-8-4(2(12)13,10-9-1)11(14)15/h(H,12,13). The molecule has 0 aromatic heterocycles. The summed E-state index contributed by atoms with van der Waals surface area (Å²) in [5.41, 5.74) is 0. The van der Waals surface area contributed by atoms with E-state index in [0.717, 1.165) is 0 Å². The van der Waals surface area contributed by atoms with Gasteiger partial charge >= 0.3 is 17.9 Å². The van der Waals surface area contributed by atoms with Crippen LogP contribution >= 0.6 is 0 Å². The molecule has 0 saturated carbocycles. The van der Waals surface area contributed by atoms with Gasteiger partial charge in [-0.05, 0) is 0 Å². The zero-order valence-electron chi connectivity index (χ0n) is 6.59. The first-order chi connectivity index (χ1) is 6.70. The summed E-state index contributed by atoms with van der Waals surface area (Å²) in [6.07, 6.45) is -5.07. The number of carbonyl (C=O) groups is 1. The van der Waals surface area contributed by atoms with Gasteiger partial charge in [-0.15, -0.1) is 10.1 Å². The second-order valence-corrected chi connectivity index (χ2v) is 2.33. The number of halogens is 3. The molecule has 1 heterocycles. The Hall–Kier alpha value is -2.07. The maximum absolute atomic E-state index is 11.9. The van der Waals surface area contributed by atoms with Crippen LogP contribution in [0.2, 0.25) is 0 Å². The number of nitro groups is 1. The number of amidine groups is 1. The molecule has 15 heavy (non-hydrogen) atoms. The first kappa shape index (κ1) is 11.0. The summed E-state index contributed by atoms with van der Waals surface area (Å²) >= 11 is 0. The third kappa shape index (κ3) is 1.62. The number of hydrogen-bond donors (Lipinski definition) is 1. The molecule has 0 saturated heterocycles. The molecule has 0 radical (unpaired) electrons. The van der Waals surface area contributed by atoms with Crippen molar-refractivity contribution in [3.05, 3.63) is 10.1 Å². The van der Waals surface area contributed by atoms with E-state index in [1.54, 1.807) is 0 Å². The van der Waals surface area contributed by atoms with Gasteiger partial charge in [0.05, 0.1) is 4.92 Å². The number of aliphatic imine (C=N–C) groups is 1. The molecule has 1 rings (SSSR count). The Morgan fingerprint density at radius 1 is 1.53 bits per heavy atom. The van der Waals surface area contributed by atoms with Crippen LogP contribution in [0.1, 0.15) is 0 Å². The number of nitrogens with zero attached hydrogens (tertiary/aromatic N) is 4. The van der Waals surface area contributed by atoms with Gasteiger partial charge in [0.2, 0.25) is 0 Å². The largest absolute Gasteiger partial charge is 0.528 e. The molecule has 0 aromatic rings. The maximum atomic E-state index is 11.9. The number of carboxylic acid groups (broad SMARTS) is 1. The van der Waals surface area contributed by atoms with Crippen LogP contribution in [-0.4, -0.2) is 33.8 Å². The summed E-state index contributed by atoms with van der Waals surface area (Å²) in [7, 11) is 0. The summed E-state index contributed by atoms with van der Waals surface area (Å²) in [6, 6.07) is 0. The van der Waals surface area contributed by atoms with Crippen molar-refractivity contribution in [2.75, 3.05) is 0 Å². The predicted octanol–water partition coefficient (Wildman–Crippen LogP) is 0.428. The Kier molecular flexibility index (Phi) is 2.17. The van der Waals surface area contributed by atoms with E-state index in [0.29, 0.717) is 0 Å². The van der Waals surface area contributed by atoms with Crippen molar-refractivity contribution < 1.29 is 28.0 Å². The van der Waals surface area contributed by atoms with Gasteiger partial charge in [0, 0.05) is 0 Å². The summed E-state index contributed by atoms with van der Waals surface area (Å²) < 4.78 is 35.8. The van der Waals surface area contributed by atoms with E-state index in [-0.39, 0.29) is 0 Å². The van der Waals surface area contributed by atoms with Gasteiger partial charge in [0.15, 0.2) is 0 Å². The van der Waals surface area contributed by atoms with Crippen LogP contribution < -0.4 is 0 Å². The molecule has 0 bridgehead atoms. The Labute approximate surface area is 78.3 Å². The second kappa shape index (κ2) is 2.96. The Bertz CT molecular complexity index is 372. The topological polar surface area (TPSA) is 118 Å². The highest BCUT2D eigenvalue weighted by Gasteiger charge is 2.59. The summed E-state index contributed by atoms with van der Waals surface area (Å²) in [5.74, 6) is -7.60. The minimum atomic E-state index is -5.07. The average molecular weight is 226 g/mol. The molecule has 1 unspecified atom stereocenters. The number of carboxylic acids is 1. The van der Waals surface area contributed by atoms with E-state index < -0.39 is 28.7 Å². The van der Waals surface area contributed by atoms with E-state index >= 15 is 0 Å². The van der Waals surface area contributed by atoms with Crippen molar-refractivity contribution in [3.8, 4) is 0 Å². The number of aliphatic carboxylic acids is 1. The molecule has 11 heteroatoms. The molecule has 0 spiro atoms. The maximum Gasteiger partial charge on any atom is 0.528 e. The van der Waals surface area contributed by atoms with Gasteiger partial charge in [0.1, 0.15) is 0 Å². The fraction of sp³-hybridized carbons (Fsp3) is 0.500. The lowest BCUT2D eigenvalue weighted by Crippen LogP contribution is -2.42. The molecule has 1 aliphatic rings. The number of rotatable bonds is 2. The highest BCUT2D eigenvalue weighted by atomic mass is 19.4. The lowest BCUT2D eigenvalue weighted by molar-refractivity contribution is -0.551. The summed E-state index contributed by atoms with van der Waals surface area (Å²) in [5, 5.41) is 23.3. The van der Waals surface area contributed by atoms with Crippen LogP contribution in [0, 0.1) is 10.1 Å². The van der Waals surface area contributed by atoms with Crippen molar-refractivity contribution in [2.45, 2.75) is 12.0 Å². The van der Waals surface area contributed by atoms with Gasteiger partial charge in [0.25, 0.3) is 5.84 Å². The Balaban J connectivity index is 3.22. The Morgan fingerprint density at radius 3 is 2.27 bits per heavy atom. The van der Waals surface area contributed by atoms with E-state index in [1.165, 1.54) is 0 Å². The predicted molar refractivity (Wildman–Crippen MR) is 35.7 cm³/mol. The lowest BCUT2D eigenvalue weighted by atomic mass is 10.4. The first-order valence-electron chi connectivity index (χ1n) is 3.18. The highest BCUT2D eigenvalue weighted by Crippen LogP contribution is 2.28. The second-order valence-electron chi connectivity index (χ2n) is 2.33. The van der Waals surface area contributed by atoms with E-state index in [2.05, 4.69) is 15.2 Å². The van der Waals surface area contributed by atoms with Gasteiger partial charge in [-0.2, -0.15) is 13.2 Å². The number of alkyl halides is 3. The molecule has 1 aliphatic heterocycles. The molecular weight excluding hydrogens is 225 g/mol. The molecule has 0 fully saturated rings. The first-order valence-corrected chi connectivity index (χ1v) is 3.18. The molecule has 1 N–H and O–H groups in total.